The Morgan fingerprint density at radius 3 is 2.53 bits per heavy atom. The number of morpholine rings is 1. The van der Waals surface area contributed by atoms with Crippen molar-refractivity contribution in [2.75, 3.05) is 13.1 Å². The Morgan fingerprint density at radius 1 is 1.18 bits per heavy atom. The molecule has 1 aliphatic rings. The number of aromatic amines is 1. The van der Waals surface area contributed by atoms with Crippen LogP contribution in [0.15, 0.2) is 29.1 Å². The number of aryl methyl sites for hydroxylation is 3. The van der Waals surface area contributed by atoms with Gasteiger partial charge in [0.2, 0.25) is 5.91 Å². The summed E-state index contributed by atoms with van der Waals surface area (Å²) >= 11 is 1.50. The minimum absolute atomic E-state index is 0.00725. The minimum Gasteiger partial charge on any atom is -0.372 e. The third-order valence-electron chi connectivity index (χ3n) is 6.07. The van der Waals surface area contributed by atoms with Gasteiger partial charge in [0.15, 0.2) is 0 Å². The fourth-order valence-corrected chi connectivity index (χ4v) is 5.28. The molecule has 1 aliphatic heterocycles. The lowest BCUT2D eigenvalue weighted by Crippen LogP contribution is -2.48. The highest BCUT2D eigenvalue weighted by atomic mass is 32.1. The van der Waals surface area contributed by atoms with Gasteiger partial charge < -0.3 is 19.9 Å². The van der Waals surface area contributed by atoms with Crippen molar-refractivity contribution in [1.29, 1.82) is 0 Å². The number of benzene rings is 1. The molecule has 1 saturated heterocycles. The van der Waals surface area contributed by atoms with Crippen LogP contribution in [0, 0.1) is 13.8 Å². The fourth-order valence-electron chi connectivity index (χ4n) is 4.23. The van der Waals surface area contributed by atoms with Gasteiger partial charge in [0.05, 0.1) is 17.6 Å². The average molecular weight is 483 g/mol. The summed E-state index contributed by atoms with van der Waals surface area (Å²) in [4.78, 5) is 48.4. The zero-order valence-electron chi connectivity index (χ0n) is 19.9. The van der Waals surface area contributed by atoms with Crippen molar-refractivity contribution >= 4 is 33.4 Å². The first-order valence-corrected chi connectivity index (χ1v) is 12.3. The topological polar surface area (TPSA) is 104 Å². The molecule has 2 atom stereocenters. The molecular formula is C25H30N4O4S. The van der Waals surface area contributed by atoms with Crippen LogP contribution in [-0.2, 0) is 22.5 Å². The van der Waals surface area contributed by atoms with Crippen LogP contribution in [0.3, 0.4) is 0 Å². The van der Waals surface area contributed by atoms with E-state index in [4.69, 9.17) is 4.74 Å². The molecule has 8 nitrogen and oxygen atoms in total. The van der Waals surface area contributed by atoms with Crippen molar-refractivity contribution in [3.05, 3.63) is 62.0 Å². The van der Waals surface area contributed by atoms with Gasteiger partial charge in [-0.1, -0.05) is 12.1 Å². The molecule has 0 bridgehead atoms. The molecule has 3 heterocycles. The number of H-pyrrole nitrogens is 1. The second-order valence-corrected chi connectivity index (χ2v) is 10.1. The minimum atomic E-state index is -0.155. The molecule has 0 saturated carbocycles. The Morgan fingerprint density at radius 2 is 1.85 bits per heavy atom. The van der Waals surface area contributed by atoms with Crippen LogP contribution >= 0.6 is 11.3 Å². The monoisotopic (exact) mass is 482 g/mol. The second-order valence-electron chi connectivity index (χ2n) is 8.92. The van der Waals surface area contributed by atoms with E-state index in [0.717, 1.165) is 16.0 Å². The number of rotatable bonds is 6. The van der Waals surface area contributed by atoms with Crippen LogP contribution in [-0.4, -0.2) is 52.0 Å². The Hall–Kier alpha value is -3.04. The molecule has 0 radical (unpaired) electrons. The molecular weight excluding hydrogens is 452 g/mol. The van der Waals surface area contributed by atoms with Gasteiger partial charge in [0.25, 0.3) is 11.5 Å². The molecule has 3 aromatic rings. The maximum absolute atomic E-state index is 12.8. The van der Waals surface area contributed by atoms with Crippen LogP contribution < -0.4 is 10.9 Å². The van der Waals surface area contributed by atoms with Gasteiger partial charge in [-0.25, -0.2) is 4.98 Å². The third kappa shape index (κ3) is 5.37. The van der Waals surface area contributed by atoms with E-state index >= 15 is 0 Å². The number of amides is 2. The molecule has 1 aromatic carbocycles. The number of fused-ring (bicyclic) bond motifs is 1. The molecule has 2 unspecified atom stereocenters. The number of ether oxygens (including phenoxy) is 1. The number of carbonyl (C=O) groups is 2. The highest BCUT2D eigenvalue weighted by Crippen LogP contribution is 2.25. The van der Waals surface area contributed by atoms with E-state index in [1.807, 2.05) is 44.7 Å². The van der Waals surface area contributed by atoms with Gasteiger partial charge in [-0.3, -0.25) is 14.4 Å². The molecule has 2 N–H and O–H groups in total. The molecule has 2 aromatic heterocycles. The summed E-state index contributed by atoms with van der Waals surface area (Å²) in [7, 11) is 0. The normalized spacial score (nSPS) is 18.3. The maximum Gasteiger partial charge on any atom is 0.259 e. The summed E-state index contributed by atoms with van der Waals surface area (Å²) in [6.07, 6.45) is 0.629. The van der Waals surface area contributed by atoms with Gasteiger partial charge in [-0.05, 0) is 51.0 Å². The first-order chi connectivity index (χ1) is 16.2. The number of hydrogen-bond donors (Lipinski definition) is 2. The van der Waals surface area contributed by atoms with Gasteiger partial charge in [0.1, 0.15) is 10.7 Å². The van der Waals surface area contributed by atoms with E-state index in [-0.39, 0.29) is 36.0 Å². The van der Waals surface area contributed by atoms with Crippen molar-refractivity contribution in [2.45, 2.75) is 59.3 Å². The van der Waals surface area contributed by atoms with Crippen LogP contribution in [0.5, 0.6) is 0 Å². The van der Waals surface area contributed by atoms with Crippen molar-refractivity contribution < 1.29 is 14.3 Å². The summed E-state index contributed by atoms with van der Waals surface area (Å²) < 4.78 is 5.70. The van der Waals surface area contributed by atoms with Crippen LogP contribution in [0.1, 0.15) is 52.5 Å². The lowest BCUT2D eigenvalue weighted by atomic mass is 10.1. The highest BCUT2D eigenvalue weighted by Gasteiger charge is 2.26. The molecule has 0 spiro atoms. The van der Waals surface area contributed by atoms with Gasteiger partial charge in [-0.15, -0.1) is 11.3 Å². The third-order valence-corrected chi connectivity index (χ3v) is 7.18. The van der Waals surface area contributed by atoms with Crippen molar-refractivity contribution in [1.82, 2.24) is 20.2 Å². The number of aromatic nitrogens is 2. The van der Waals surface area contributed by atoms with E-state index in [0.29, 0.717) is 47.7 Å². The lowest BCUT2D eigenvalue weighted by Gasteiger charge is -2.35. The largest absolute Gasteiger partial charge is 0.372 e. The number of carbonyl (C=O) groups excluding carboxylic acids is 2. The number of nitrogens with one attached hydrogen (secondary N) is 2. The smallest absolute Gasteiger partial charge is 0.259 e. The second kappa shape index (κ2) is 10.1. The number of thiophene rings is 1. The fraction of sp³-hybridized carbons (Fsp3) is 0.440. The predicted molar refractivity (Wildman–Crippen MR) is 132 cm³/mol. The lowest BCUT2D eigenvalue weighted by molar-refractivity contribution is -0.121. The van der Waals surface area contributed by atoms with E-state index in [1.54, 1.807) is 12.1 Å². The van der Waals surface area contributed by atoms with Gasteiger partial charge >= 0.3 is 0 Å². The van der Waals surface area contributed by atoms with Crippen molar-refractivity contribution in [3.8, 4) is 0 Å². The quantitative estimate of drug-likeness (QED) is 0.562. The Kier molecular flexibility index (Phi) is 7.13. The van der Waals surface area contributed by atoms with E-state index in [2.05, 4.69) is 15.3 Å². The number of hydrogen-bond acceptors (Lipinski definition) is 6. The summed E-state index contributed by atoms with van der Waals surface area (Å²) in [6.45, 7) is 9.37. The average Bonchev–Trinajstić information content (AvgIpc) is 3.09. The van der Waals surface area contributed by atoms with E-state index in [1.165, 1.54) is 11.3 Å². The summed E-state index contributed by atoms with van der Waals surface area (Å²) in [5.41, 5.74) is 2.34. The standard InChI is InChI=1S/C25H30N4O4S/c1-14-12-29(13-15(2)33-14)25(32)19-7-5-18(6-8-19)11-26-21(30)10-9-20-27-23(31)22-16(3)17(4)34-24(22)28-20/h5-8,14-15H,9-13H2,1-4H3,(H,26,30)(H,27,28,31). The van der Waals surface area contributed by atoms with Gasteiger partial charge in [-0.2, -0.15) is 0 Å². The van der Waals surface area contributed by atoms with Crippen LogP contribution in [0.4, 0.5) is 0 Å². The molecule has 4 rings (SSSR count). The Bertz CT molecular complexity index is 1250. The summed E-state index contributed by atoms with van der Waals surface area (Å²) in [6, 6.07) is 7.30. The molecule has 180 valence electrons. The van der Waals surface area contributed by atoms with Crippen LogP contribution in [0.25, 0.3) is 10.2 Å². The molecule has 2 amide bonds. The first-order valence-electron chi connectivity index (χ1n) is 11.5. The van der Waals surface area contributed by atoms with Crippen molar-refractivity contribution in [2.24, 2.45) is 0 Å². The number of nitrogens with zero attached hydrogens (tertiary/aromatic N) is 2. The van der Waals surface area contributed by atoms with Crippen molar-refractivity contribution in [3.63, 3.8) is 0 Å². The summed E-state index contributed by atoms with van der Waals surface area (Å²) in [5.74, 6) is 0.383. The Balaban J connectivity index is 1.29. The molecule has 1 fully saturated rings. The molecule has 9 heteroatoms. The highest BCUT2D eigenvalue weighted by molar-refractivity contribution is 7.18. The maximum atomic E-state index is 12.8. The first kappa shape index (κ1) is 24.1. The predicted octanol–water partition coefficient (Wildman–Crippen LogP) is 3.10. The molecule has 34 heavy (non-hydrogen) atoms. The zero-order chi connectivity index (χ0) is 24.4. The van der Waals surface area contributed by atoms with Crippen LogP contribution in [0.2, 0.25) is 0 Å². The van der Waals surface area contributed by atoms with E-state index < -0.39 is 0 Å². The zero-order valence-corrected chi connectivity index (χ0v) is 20.8. The van der Waals surface area contributed by atoms with E-state index in [9.17, 15) is 14.4 Å². The SMILES string of the molecule is Cc1sc2nc(CCC(=O)NCc3ccc(C(=O)N4CC(C)OC(C)C4)cc3)[nH]c(=O)c2c1C. The summed E-state index contributed by atoms with van der Waals surface area (Å²) in [5, 5.41) is 3.52. The van der Waals surface area contributed by atoms with Gasteiger partial charge in [0, 0.05) is 42.9 Å². The molecule has 0 aliphatic carbocycles. The Labute approximate surface area is 202 Å².